The molecule has 0 unspecified atom stereocenters. The van der Waals surface area contributed by atoms with Gasteiger partial charge in [-0.15, -0.1) is 0 Å². The van der Waals surface area contributed by atoms with E-state index in [4.69, 9.17) is 4.74 Å². The van der Waals surface area contributed by atoms with Crippen LogP contribution in [0.2, 0.25) is 0 Å². The Morgan fingerprint density at radius 2 is 1.68 bits per heavy atom. The zero-order chi connectivity index (χ0) is 24.9. The number of hydrogen-bond donors (Lipinski definition) is 2. The lowest BCUT2D eigenvalue weighted by Gasteiger charge is -2.31. The SMILES string of the molecule is Cc1ccc(S(=O)(=O)N2CCC(C(=O)Nc3cccc(NC(=O)OCC(C)C)c3)CC2)c(C)c1. The summed E-state index contributed by atoms with van der Waals surface area (Å²) in [5.74, 6) is -0.222. The van der Waals surface area contributed by atoms with Crippen LogP contribution in [0.15, 0.2) is 47.4 Å². The second-order valence-corrected chi connectivity index (χ2v) is 11.0. The van der Waals surface area contributed by atoms with E-state index in [1.165, 1.54) is 4.31 Å². The maximum absolute atomic E-state index is 13.1. The highest BCUT2D eigenvalue weighted by molar-refractivity contribution is 7.89. The zero-order valence-corrected chi connectivity index (χ0v) is 20.9. The van der Waals surface area contributed by atoms with Crippen molar-refractivity contribution < 1.29 is 22.7 Å². The molecule has 2 amide bonds. The van der Waals surface area contributed by atoms with Crippen LogP contribution in [0.4, 0.5) is 16.2 Å². The van der Waals surface area contributed by atoms with Crippen molar-refractivity contribution >= 4 is 33.4 Å². The molecule has 2 aromatic carbocycles. The number of rotatable bonds is 7. The third kappa shape index (κ3) is 6.57. The molecular formula is C25H33N3O5S. The fraction of sp³-hybridized carbons (Fsp3) is 0.440. The number of ether oxygens (including phenoxy) is 1. The molecule has 0 bridgehead atoms. The molecule has 2 aromatic rings. The molecule has 8 nitrogen and oxygen atoms in total. The van der Waals surface area contributed by atoms with Gasteiger partial charge < -0.3 is 10.1 Å². The fourth-order valence-electron chi connectivity index (χ4n) is 3.90. The smallest absolute Gasteiger partial charge is 0.411 e. The molecule has 0 aliphatic carbocycles. The van der Waals surface area contributed by atoms with Gasteiger partial charge in [0.2, 0.25) is 15.9 Å². The average molecular weight is 488 g/mol. The number of nitrogens with one attached hydrogen (secondary N) is 2. The van der Waals surface area contributed by atoms with E-state index < -0.39 is 16.1 Å². The topological polar surface area (TPSA) is 105 Å². The number of amides is 2. The van der Waals surface area contributed by atoms with Crippen LogP contribution < -0.4 is 10.6 Å². The Labute approximate surface area is 201 Å². The van der Waals surface area contributed by atoms with Crippen molar-refractivity contribution in [3.05, 3.63) is 53.6 Å². The molecule has 34 heavy (non-hydrogen) atoms. The summed E-state index contributed by atoms with van der Waals surface area (Å²) in [5.41, 5.74) is 2.80. The van der Waals surface area contributed by atoms with Gasteiger partial charge in [0.15, 0.2) is 0 Å². The van der Waals surface area contributed by atoms with Gasteiger partial charge in [0.05, 0.1) is 11.5 Å². The van der Waals surface area contributed by atoms with Gasteiger partial charge in [-0.05, 0) is 62.4 Å². The van der Waals surface area contributed by atoms with Crippen molar-refractivity contribution in [3.63, 3.8) is 0 Å². The summed E-state index contributed by atoms with van der Waals surface area (Å²) in [6.45, 7) is 8.53. The Kier molecular flexibility index (Phi) is 8.33. The van der Waals surface area contributed by atoms with E-state index in [-0.39, 0.29) is 30.8 Å². The second-order valence-electron chi connectivity index (χ2n) is 9.13. The Bertz CT molecular complexity index is 1140. The van der Waals surface area contributed by atoms with Crippen LogP contribution in [0, 0.1) is 25.7 Å². The summed E-state index contributed by atoms with van der Waals surface area (Å²) in [4.78, 5) is 25.0. The van der Waals surface area contributed by atoms with Gasteiger partial charge in [0, 0.05) is 30.4 Å². The molecule has 3 rings (SSSR count). The lowest BCUT2D eigenvalue weighted by atomic mass is 9.97. The highest BCUT2D eigenvalue weighted by Crippen LogP contribution is 2.27. The Hall–Kier alpha value is -2.91. The fourth-order valence-corrected chi connectivity index (χ4v) is 5.58. The number of nitrogens with zero attached hydrogens (tertiary/aromatic N) is 1. The van der Waals surface area contributed by atoms with E-state index in [0.29, 0.717) is 35.7 Å². The predicted octanol–water partition coefficient (Wildman–Crippen LogP) is 4.55. The number of piperidine rings is 1. The molecule has 0 aromatic heterocycles. The van der Waals surface area contributed by atoms with Gasteiger partial charge in [-0.25, -0.2) is 13.2 Å². The first-order valence-corrected chi connectivity index (χ1v) is 12.9. The van der Waals surface area contributed by atoms with E-state index in [9.17, 15) is 18.0 Å². The summed E-state index contributed by atoms with van der Waals surface area (Å²) in [6, 6.07) is 12.2. The van der Waals surface area contributed by atoms with Gasteiger partial charge >= 0.3 is 6.09 Å². The van der Waals surface area contributed by atoms with E-state index in [1.54, 1.807) is 43.3 Å². The molecule has 1 aliphatic rings. The highest BCUT2D eigenvalue weighted by atomic mass is 32.2. The maximum Gasteiger partial charge on any atom is 0.411 e. The number of carbonyl (C=O) groups is 2. The monoisotopic (exact) mass is 487 g/mol. The minimum absolute atomic E-state index is 0.164. The number of sulfonamides is 1. The molecule has 0 atom stereocenters. The van der Waals surface area contributed by atoms with Gasteiger partial charge in [-0.2, -0.15) is 4.31 Å². The molecule has 0 spiro atoms. The first-order chi connectivity index (χ1) is 16.1. The van der Waals surface area contributed by atoms with Crippen LogP contribution in [-0.4, -0.2) is 44.4 Å². The molecule has 1 saturated heterocycles. The molecule has 1 fully saturated rings. The summed E-state index contributed by atoms with van der Waals surface area (Å²) in [5, 5.41) is 5.53. The Morgan fingerprint density at radius 1 is 1.03 bits per heavy atom. The van der Waals surface area contributed by atoms with Crippen LogP contribution >= 0.6 is 0 Å². The molecule has 1 aliphatic heterocycles. The molecular weight excluding hydrogens is 454 g/mol. The summed E-state index contributed by atoms with van der Waals surface area (Å²) >= 11 is 0. The van der Waals surface area contributed by atoms with Gasteiger partial charge in [-0.1, -0.05) is 37.6 Å². The maximum atomic E-state index is 13.1. The number of carbonyl (C=O) groups excluding carboxylic acids is 2. The summed E-state index contributed by atoms with van der Waals surface area (Å²) in [6.07, 6.45) is 0.333. The van der Waals surface area contributed by atoms with Crippen molar-refractivity contribution in [1.82, 2.24) is 4.31 Å². The minimum Gasteiger partial charge on any atom is -0.449 e. The van der Waals surface area contributed by atoms with E-state index >= 15 is 0 Å². The van der Waals surface area contributed by atoms with Crippen LogP contribution in [-0.2, 0) is 19.6 Å². The van der Waals surface area contributed by atoms with Crippen molar-refractivity contribution in [1.29, 1.82) is 0 Å². The quantitative estimate of drug-likeness (QED) is 0.596. The normalized spacial score (nSPS) is 15.2. The molecule has 0 radical (unpaired) electrons. The van der Waals surface area contributed by atoms with Gasteiger partial charge in [0.25, 0.3) is 0 Å². The van der Waals surface area contributed by atoms with Crippen molar-refractivity contribution in [2.75, 3.05) is 30.3 Å². The second kappa shape index (κ2) is 11.0. The zero-order valence-electron chi connectivity index (χ0n) is 20.1. The van der Waals surface area contributed by atoms with Crippen LogP contribution in [0.3, 0.4) is 0 Å². The minimum atomic E-state index is -3.60. The highest BCUT2D eigenvalue weighted by Gasteiger charge is 2.32. The number of hydrogen-bond acceptors (Lipinski definition) is 5. The predicted molar refractivity (Wildman–Crippen MR) is 132 cm³/mol. The van der Waals surface area contributed by atoms with E-state index in [2.05, 4.69) is 10.6 Å². The van der Waals surface area contributed by atoms with Crippen molar-refractivity contribution in [2.45, 2.75) is 45.4 Å². The lowest BCUT2D eigenvalue weighted by molar-refractivity contribution is -0.120. The third-order valence-corrected chi connectivity index (χ3v) is 7.76. The number of anilines is 2. The molecule has 2 N–H and O–H groups in total. The first kappa shape index (κ1) is 25.7. The van der Waals surface area contributed by atoms with Crippen LogP contribution in [0.5, 0.6) is 0 Å². The van der Waals surface area contributed by atoms with Crippen molar-refractivity contribution in [3.8, 4) is 0 Å². The molecule has 184 valence electrons. The molecule has 0 saturated carbocycles. The summed E-state index contributed by atoms with van der Waals surface area (Å²) in [7, 11) is -3.60. The first-order valence-electron chi connectivity index (χ1n) is 11.5. The largest absolute Gasteiger partial charge is 0.449 e. The average Bonchev–Trinajstić information content (AvgIpc) is 2.78. The lowest BCUT2D eigenvalue weighted by Crippen LogP contribution is -2.41. The van der Waals surface area contributed by atoms with Gasteiger partial charge in [0.1, 0.15) is 0 Å². The third-order valence-electron chi connectivity index (χ3n) is 5.70. The van der Waals surface area contributed by atoms with E-state index in [1.807, 2.05) is 26.8 Å². The molecule has 9 heteroatoms. The van der Waals surface area contributed by atoms with Crippen LogP contribution in [0.1, 0.15) is 37.8 Å². The Morgan fingerprint density at radius 3 is 2.29 bits per heavy atom. The molecule has 1 heterocycles. The van der Waals surface area contributed by atoms with Crippen molar-refractivity contribution in [2.24, 2.45) is 11.8 Å². The van der Waals surface area contributed by atoms with Crippen LogP contribution in [0.25, 0.3) is 0 Å². The number of aryl methyl sites for hydroxylation is 2. The standard InChI is InChI=1S/C25H33N3O5S/c1-17(2)16-33-25(30)27-22-7-5-6-21(15-22)26-24(29)20-10-12-28(13-11-20)34(31,32)23-9-8-18(3)14-19(23)4/h5-9,14-15,17,20H,10-13,16H2,1-4H3,(H,26,29)(H,27,30). The van der Waals surface area contributed by atoms with E-state index in [0.717, 1.165) is 11.1 Å². The Balaban J connectivity index is 1.56. The summed E-state index contributed by atoms with van der Waals surface area (Å²) < 4.78 is 32.7. The number of benzene rings is 2. The van der Waals surface area contributed by atoms with Gasteiger partial charge in [-0.3, -0.25) is 10.1 Å².